The molecule has 0 spiro atoms. The van der Waals surface area contributed by atoms with Crippen LogP contribution in [-0.4, -0.2) is 10.5 Å². The minimum atomic E-state index is 0.0481. The Labute approximate surface area is 71.0 Å². The lowest BCUT2D eigenvalue weighted by molar-refractivity contribution is 0.389. The fourth-order valence-corrected chi connectivity index (χ4v) is 2.18. The van der Waals surface area contributed by atoms with Gasteiger partial charge in [0, 0.05) is 11.0 Å². The van der Waals surface area contributed by atoms with E-state index in [-0.39, 0.29) is 11.0 Å². The van der Waals surface area contributed by atoms with Crippen LogP contribution in [0.5, 0.6) is 0 Å². The summed E-state index contributed by atoms with van der Waals surface area (Å²) in [6, 6.07) is 0. The van der Waals surface area contributed by atoms with Crippen LogP contribution in [0.3, 0.4) is 0 Å². The maximum atomic E-state index is 6.19. The van der Waals surface area contributed by atoms with Crippen molar-refractivity contribution in [1.29, 1.82) is 0 Å². The van der Waals surface area contributed by atoms with Gasteiger partial charge < -0.3 is 10.2 Å². The van der Waals surface area contributed by atoms with Crippen LogP contribution in [0, 0.1) is 0 Å². The third-order valence-corrected chi connectivity index (χ3v) is 3.40. The minimum absolute atomic E-state index is 0.0481. The van der Waals surface area contributed by atoms with Gasteiger partial charge in [0.05, 0.1) is 6.20 Å². The summed E-state index contributed by atoms with van der Waals surface area (Å²) in [4.78, 5) is 3.95. The highest BCUT2D eigenvalue weighted by Crippen LogP contribution is 2.63. The SMILES string of the molecule is NC1(C2(c3cnco3)CC2)CC1. The van der Waals surface area contributed by atoms with Gasteiger partial charge in [0.15, 0.2) is 6.39 Å². The highest BCUT2D eigenvalue weighted by molar-refractivity contribution is 5.33. The van der Waals surface area contributed by atoms with Gasteiger partial charge in [-0.3, -0.25) is 0 Å². The van der Waals surface area contributed by atoms with Crippen LogP contribution in [0.15, 0.2) is 17.0 Å². The molecule has 3 rings (SSSR count). The first-order valence-corrected chi connectivity index (χ1v) is 4.45. The van der Waals surface area contributed by atoms with Gasteiger partial charge in [-0.15, -0.1) is 0 Å². The molecule has 3 nitrogen and oxygen atoms in total. The average molecular weight is 164 g/mol. The van der Waals surface area contributed by atoms with Gasteiger partial charge in [0.2, 0.25) is 0 Å². The van der Waals surface area contributed by atoms with E-state index in [1.807, 2.05) is 6.20 Å². The lowest BCUT2D eigenvalue weighted by atomic mass is 9.92. The number of hydrogen-bond donors (Lipinski definition) is 1. The molecule has 64 valence electrons. The second-order valence-corrected chi connectivity index (χ2v) is 4.10. The molecule has 2 aliphatic rings. The quantitative estimate of drug-likeness (QED) is 0.714. The smallest absolute Gasteiger partial charge is 0.180 e. The van der Waals surface area contributed by atoms with Crippen LogP contribution < -0.4 is 5.73 Å². The van der Waals surface area contributed by atoms with Crippen molar-refractivity contribution in [3.8, 4) is 0 Å². The Morgan fingerprint density at radius 1 is 1.33 bits per heavy atom. The first-order chi connectivity index (χ1) is 5.77. The first kappa shape index (κ1) is 6.66. The molecule has 2 aliphatic carbocycles. The molecule has 0 aliphatic heterocycles. The van der Waals surface area contributed by atoms with Crippen LogP contribution in [0.25, 0.3) is 0 Å². The third kappa shape index (κ3) is 0.630. The average Bonchev–Trinajstić information content (AvgIpc) is 2.96. The molecule has 0 aromatic carbocycles. The predicted octanol–water partition coefficient (Wildman–Crippen LogP) is 1.20. The normalized spacial score (nSPS) is 28.4. The summed E-state index contributed by atoms with van der Waals surface area (Å²) >= 11 is 0. The molecule has 1 aromatic heterocycles. The standard InChI is InChI=1S/C9H12N2O/c10-9(3-4-9)8(1-2-8)7-5-11-6-12-7/h5-6H,1-4,10H2. The zero-order valence-electron chi connectivity index (χ0n) is 6.92. The Morgan fingerprint density at radius 2 is 2.08 bits per heavy atom. The lowest BCUT2D eigenvalue weighted by Crippen LogP contribution is -2.36. The Hall–Kier alpha value is -0.830. The molecular weight excluding hydrogens is 152 g/mol. The van der Waals surface area contributed by atoms with E-state index in [0.29, 0.717) is 0 Å². The van der Waals surface area contributed by atoms with Crippen LogP contribution >= 0.6 is 0 Å². The molecule has 0 saturated heterocycles. The number of aromatic nitrogens is 1. The minimum Gasteiger partial charge on any atom is -0.448 e. The van der Waals surface area contributed by atoms with Gasteiger partial charge in [0.1, 0.15) is 5.76 Å². The summed E-state index contributed by atoms with van der Waals surface area (Å²) in [5.41, 5.74) is 6.41. The Morgan fingerprint density at radius 3 is 2.50 bits per heavy atom. The Balaban J connectivity index is 2.02. The number of rotatable bonds is 2. The lowest BCUT2D eigenvalue weighted by Gasteiger charge is -2.19. The number of oxazole rings is 1. The zero-order chi connectivity index (χ0) is 8.23. The first-order valence-electron chi connectivity index (χ1n) is 4.45. The van der Waals surface area contributed by atoms with Gasteiger partial charge in [-0.1, -0.05) is 0 Å². The zero-order valence-corrected chi connectivity index (χ0v) is 6.92. The fraction of sp³-hybridized carbons (Fsp3) is 0.667. The highest BCUT2D eigenvalue weighted by atomic mass is 16.3. The van der Waals surface area contributed by atoms with Crippen molar-refractivity contribution in [2.45, 2.75) is 36.6 Å². The molecule has 0 amide bonds. The summed E-state index contributed by atoms with van der Waals surface area (Å²) in [5.74, 6) is 1.00. The Bertz CT molecular complexity index is 296. The van der Waals surface area contributed by atoms with Gasteiger partial charge in [-0.05, 0) is 25.7 Å². The molecule has 0 radical (unpaired) electrons. The summed E-state index contributed by atoms with van der Waals surface area (Å²) in [5, 5.41) is 0. The van der Waals surface area contributed by atoms with Crippen molar-refractivity contribution in [1.82, 2.24) is 4.98 Å². The number of nitrogens with zero attached hydrogens (tertiary/aromatic N) is 1. The van der Waals surface area contributed by atoms with E-state index < -0.39 is 0 Å². The van der Waals surface area contributed by atoms with Crippen molar-refractivity contribution in [2.75, 3.05) is 0 Å². The van der Waals surface area contributed by atoms with E-state index in [1.165, 1.54) is 19.2 Å². The summed E-state index contributed by atoms with van der Waals surface area (Å²) in [7, 11) is 0. The second-order valence-electron chi connectivity index (χ2n) is 4.10. The monoisotopic (exact) mass is 164 g/mol. The molecule has 1 aromatic rings. The molecule has 0 unspecified atom stereocenters. The summed E-state index contributed by atoms with van der Waals surface area (Å²) in [6.45, 7) is 0. The molecule has 1 heterocycles. The predicted molar refractivity (Wildman–Crippen MR) is 43.6 cm³/mol. The molecule has 2 N–H and O–H groups in total. The maximum absolute atomic E-state index is 6.19. The topological polar surface area (TPSA) is 52.0 Å². The van der Waals surface area contributed by atoms with Crippen LogP contribution in [0.4, 0.5) is 0 Å². The van der Waals surface area contributed by atoms with Gasteiger partial charge >= 0.3 is 0 Å². The third-order valence-electron chi connectivity index (χ3n) is 3.40. The van der Waals surface area contributed by atoms with Gasteiger partial charge in [0.25, 0.3) is 0 Å². The second kappa shape index (κ2) is 1.74. The van der Waals surface area contributed by atoms with Crippen LogP contribution in [-0.2, 0) is 5.41 Å². The van der Waals surface area contributed by atoms with Crippen molar-refractivity contribution in [3.63, 3.8) is 0 Å². The fourth-order valence-electron chi connectivity index (χ4n) is 2.18. The maximum Gasteiger partial charge on any atom is 0.180 e. The van der Waals surface area contributed by atoms with Crippen molar-refractivity contribution in [2.24, 2.45) is 5.73 Å². The van der Waals surface area contributed by atoms with Crippen molar-refractivity contribution < 1.29 is 4.42 Å². The van der Waals surface area contributed by atoms with E-state index in [4.69, 9.17) is 10.2 Å². The van der Waals surface area contributed by atoms with E-state index in [0.717, 1.165) is 18.6 Å². The van der Waals surface area contributed by atoms with E-state index in [1.54, 1.807) is 0 Å². The molecule has 12 heavy (non-hydrogen) atoms. The largest absolute Gasteiger partial charge is 0.448 e. The molecule has 2 fully saturated rings. The Kier molecular flexibility index (Phi) is 0.966. The van der Waals surface area contributed by atoms with Crippen molar-refractivity contribution >= 4 is 0 Å². The molecular formula is C9H12N2O. The van der Waals surface area contributed by atoms with E-state index in [9.17, 15) is 0 Å². The highest BCUT2D eigenvalue weighted by Gasteiger charge is 2.66. The summed E-state index contributed by atoms with van der Waals surface area (Å²) < 4.78 is 5.34. The molecule has 2 saturated carbocycles. The van der Waals surface area contributed by atoms with Crippen LogP contribution in [0.1, 0.15) is 31.4 Å². The molecule has 0 bridgehead atoms. The molecule has 3 heteroatoms. The van der Waals surface area contributed by atoms with E-state index >= 15 is 0 Å². The van der Waals surface area contributed by atoms with Gasteiger partial charge in [-0.25, -0.2) is 4.98 Å². The number of nitrogens with two attached hydrogens (primary N) is 1. The van der Waals surface area contributed by atoms with Gasteiger partial charge in [-0.2, -0.15) is 0 Å². The summed E-state index contributed by atoms with van der Waals surface area (Å²) in [6.07, 6.45) is 7.97. The molecule has 0 atom stereocenters. The van der Waals surface area contributed by atoms with Crippen molar-refractivity contribution in [3.05, 3.63) is 18.4 Å². The number of hydrogen-bond acceptors (Lipinski definition) is 3. The van der Waals surface area contributed by atoms with Crippen LogP contribution in [0.2, 0.25) is 0 Å². The van der Waals surface area contributed by atoms with E-state index in [2.05, 4.69) is 4.98 Å².